The average Bonchev–Trinajstić information content (AvgIpc) is 2.91. The van der Waals surface area contributed by atoms with Gasteiger partial charge in [0.05, 0.1) is 12.2 Å². The van der Waals surface area contributed by atoms with Crippen LogP contribution in [0.25, 0.3) is 33.4 Å². The Morgan fingerprint density at radius 1 is 0.711 bits per heavy atom. The lowest BCUT2D eigenvalue weighted by molar-refractivity contribution is 0.0526. The van der Waals surface area contributed by atoms with Gasteiger partial charge in [-0.3, -0.25) is 0 Å². The molecule has 0 unspecified atom stereocenters. The number of benzene rings is 4. The summed E-state index contributed by atoms with van der Waals surface area (Å²) in [5.74, 6) is -0.00907. The van der Waals surface area contributed by atoms with E-state index in [1.54, 1.807) is 19.1 Å². The van der Waals surface area contributed by atoms with Crippen LogP contribution in [0.5, 0.6) is 5.75 Å². The monoisotopic (exact) mass is 504 g/mol. The summed E-state index contributed by atoms with van der Waals surface area (Å²) in [6.07, 6.45) is 2.20. The molecule has 4 aromatic rings. The highest BCUT2D eigenvalue weighted by Crippen LogP contribution is 2.50. The van der Waals surface area contributed by atoms with Crippen molar-refractivity contribution in [1.29, 1.82) is 0 Å². The highest BCUT2D eigenvalue weighted by molar-refractivity contribution is 5.92. The van der Waals surface area contributed by atoms with E-state index in [1.165, 1.54) is 11.1 Å². The molecular formula is C35H36O3. The second-order valence-electron chi connectivity index (χ2n) is 11.6. The van der Waals surface area contributed by atoms with Gasteiger partial charge >= 0.3 is 5.97 Å². The van der Waals surface area contributed by atoms with Gasteiger partial charge in [0.1, 0.15) is 5.75 Å². The number of carbonyl (C=O) groups is 1. The number of fused-ring (bicyclic) bond motifs is 1. The summed E-state index contributed by atoms with van der Waals surface area (Å²) < 4.78 is 5.14. The van der Waals surface area contributed by atoms with Gasteiger partial charge < -0.3 is 9.84 Å². The molecule has 0 saturated carbocycles. The predicted octanol–water partition coefficient (Wildman–Crippen LogP) is 8.92. The first-order chi connectivity index (χ1) is 18.1. The lowest BCUT2D eigenvalue weighted by atomic mass is 9.62. The molecule has 0 heterocycles. The molecule has 1 N–H and O–H groups in total. The van der Waals surface area contributed by atoms with Gasteiger partial charge in [-0.15, -0.1) is 0 Å². The maximum Gasteiger partial charge on any atom is 0.338 e. The van der Waals surface area contributed by atoms with Gasteiger partial charge in [0.15, 0.2) is 0 Å². The third-order valence-electron chi connectivity index (χ3n) is 8.09. The van der Waals surface area contributed by atoms with Crippen LogP contribution in [0.2, 0.25) is 0 Å². The van der Waals surface area contributed by atoms with E-state index in [1.807, 2.05) is 36.4 Å². The Balaban J connectivity index is 1.68. The zero-order valence-electron chi connectivity index (χ0n) is 23.0. The minimum atomic E-state index is -0.316. The van der Waals surface area contributed by atoms with Crippen molar-refractivity contribution in [2.75, 3.05) is 6.61 Å². The van der Waals surface area contributed by atoms with Crippen molar-refractivity contribution in [3.8, 4) is 39.1 Å². The molecule has 0 radical (unpaired) electrons. The molecule has 0 spiro atoms. The topological polar surface area (TPSA) is 46.5 Å². The second kappa shape index (κ2) is 9.79. The first-order valence-electron chi connectivity index (χ1n) is 13.5. The fourth-order valence-corrected chi connectivity index (χ4v) is 5.65. The van der Waals surface area contributed by atoms with Crippen LogP contribution in [0.3, 0.4) is 0 Å². The maximum atomic E-state index is 12.1. The van der Waals surface area contributed by atoms with E-state index in [2.05, 4.69) is 64.1 Å². The largest absolute Gasteiger partial charge is 0.507 e. The van der Waals surface area contributed by atoms with Gasteiger partial charge in [-0.25, -0.2) is 4.79 Å². The number of hydrogen-bond donors (Lipinski definition) is 1. The third kappa shape index (κ3) is 4.74. The molecule has 1 aliphatic rings. The summed E-state index contributed by atoms with van der Waals surface area (Å²) in [5.41, 5.74) is 9.15. The Morgan fingerprint density at radius 2 is 1.32 bits per heavy atom. The van der Waals surface area contributed by atoms with Gasteiger partial charge in [-0.05, 0) is 99.9 Å². The zero-order chi connectivity index (χ0) is 27.1. The first kappa shape index (κ1) is 25.8. The summed E-state index contributed by atoms with van der Waals surface area (Å²) in [4.78, 5) is 12.1. The van der Waals surface area contributed by atoms with Crippen LogP contribution < -0.4 is 0 Å². The smallest absolute Gasteiger partial charge is 0.338 e. The number of carbonyl (C=O) groups excluding carboxylic acids is 1. The van der Waals surface area contributed by atoms with Crippen LogP contribution in [-0.4, -0.2) is 17.7 Å². The quantitative estimate of drug-likeness (QED) is 0.276. The number of hydrogen-bond acceptors (Lipinski definition) is 3. The van der Waals surface area contributed by atoms with Gasteiger partial charge in [-0.1, -0.05) is 82.3 Å². The summed E-state index contributed by atoms with van der Waals surface area (Å²) in [6.45, 7) is 11.3. The third-order valence-corrected chi connectivity index (χ3v) is 8.09. The molecule has 0 aromatic heterocycles. The van der Waals surface area contributed by atoms with Crippen molar-refractivity contribution in [3.63, 3.8) is 0 Å². The van der Waals surface area contributed by atoms with E-state index < -0.39 is 0 Å². The molecule has 3 heteroatoms. The van der Waals surface area contributed by atoms with Crippen LogP contribution >= 0.6 is 0 Å². The van der Waals surface area contributed by atoms with Crippen molar-refractivity contribution < 1.29 is 14.6 Å². The van der Waals surface area contributed by atoms with E-state index >= 15 is 0 Å². The number of esters is 1. The van der Waals surface area contributed by atoms with Crippen molar-refractivity contribution in [2.24, 2.45) is 0 Å². The van der Waals surface area contributed by atoms with Gasteiger partial charge in [0, 0.05) is 5.56 Å². The van der Waals surface area contributed by atoms with Gasteiger partial charge in [0.25, 0.3) is 0 Å². The van der Waals surface area contributed by atoms with Crippen LogP contribution in [-0.2, 0) is 15.6 Å². The van der Waals surface area contributed by atoms with Crippen molar-refractivity contribution in [3.05, 3.63) is 102 Å². The lowest BCUT2D eigenvalue weighted by Gasteiger charge is -2.42. The van der Waals surface area contributed by atoms with Crippen molar-refractivity contribution in [1.82, 2.24) is 0 Å². The SMILES string of the molecule is CCOC(=O)c1ccc(-c2ccc(-c3ccccc3)c(-c3cc4c(cc3O)C(C)(C)CCC4(C)C)c2)cc1. The summed E-state index contributed by atoms with van der Waals surface area (Å²) in [6, 6.07) is 28.4. The number of phenols is 1. The zero-order valence-corrected chi connectivity index (χ0v) is 23.0. The molecule has 0 aliphatic heterocycles. The summed E-state index contributed by atoms with van der Waals surface area (Å²) in [5, 5.41) is 11.5. The molecule has 194 valence electrons. The lowest BCUT2D eigenvalue weighted by Crippen LogP contribution is -2.33. The highest BCUT2D eigenvalue weighted by Gasteiger charge is 2.38. The number of ether oxygens (including phenoxy) is 1. The Bertz CT molecular complexity index is 1480. The molecule has 1 aliphatic carbocycles. The molecule has 0 atom stereocenters. The van der Waals surface area contributed by atoms with Crippen molar-refractivity contribution >= 4 is 5.97 Å². The Labute approximate surface area is 226 Å². The number of phenolic OH excluding ortho intramolecular Hbond substituents is 1. The van der Waals surface area contributed by atoms with E-state index in [0.29, 0.717) is 17.9 Å². The average molecular weight is 505 g/mol. The second-order valence-corrected chi connectivity index (χ2v) is 11.6. The molecule has 4 aromatic carbocycles. The predicted molar refractivity (Wildman–Crippen MR) is 156 cm³/mol. The molecule has 5 rings (SSSR count). The summed E-state index contributed by atoms with van der Waals surface area (Å²) in [7, 11) is 0. The first-order valence-corrected chi connectivity index (χ1v) is 13.5. The standard InChI is InChI=1S/C35H36O3/c1-6-38-33(37)25-14-12-23(13-15-25)26-16-17-27(24-10-8-7-9-11-24)28(20-26)29-21-30-31(22-32(29)36)35(4,5)19-18-34(30,2)3/h7-17,20-22,36H,6,18-19H2,1-5H3. The van der Waals surface area contributed by atoms with Crippen LogP contribution in [0.4, 0.5) is 0 Å². The molecular weight excluding hydrogens is 468 g/mol. The fraction of sp³-hybridized carbons (Fsp3) is 0.286. The van der Waals surface area contributed by atoms with Crippen LogP contribution in [0.1, 0.15) is 68.9 Å². The minimum Gasteiger partial charge on any atom is -0.507 e. The van der Waals surface area contributed by atoms with E-state index in [9.17, 15) is 9.90 Å². The highest BCUT2D eigenvalue weighted by atomic mass is 16.5. The van der Waals surface area contributed by atoms with E-state index in [0.717, 1.165) is 46.2 Å². The Hall–Kier alpha value is -3.85. The Kier molecular flexibility index (Phi) is 6.65. The molecule has 0 fully saturated rings. The van der Waals surface area contributed by atoms with E-state index in [-0.39, 0.29) is 16.8 Å². The van der Waals surface area contributed by atoms with Crippen molar-refractivity contribution in [2.45, 2.75) is 58.3 Å². The molecule has 38 heavy (non-hydrogen) atoms. The number of aromatic hydroxyl groups is 1. The van der Waals surface area contributed by atoms with Crippen LogP contribution in [0.15, 0.2) is 84.9 Å². The van der Waals surface area contributed by atoms with Gasteiger partial charge in [0.2, 0.25) is 0 Å². The minimum absolute atomic E-state index is 0.0195. The fourth-order valence-electron chi connectivity index (χ4n) is 5.65. The molecule has 3 nitrogen and oxygen atoms in total. The molecule has 0 amide bonds. The maximum absolute atomic E-state index is 12.1. The Morgan fingerprint density at radius 3 is 1.95 bits per heavy atom. The van der Waals surface area contributed by atoms with E-state index in [4.69, 9.17) is 4.74 Å². The molecule has 0 saturated heterocycles. The van der Waals surface area contributed by atoms with Crippen LogP contribution in [0, 0.1) is 0 Å². The molecule has 0 bridgehead atoms. The summed E-state index contributed by atoms with van der Waals surface area (Å²) >= 11 is 0. The normalized spacial score (nSPS) is 15.5. The van der Waals surface area contributed by atoms with Gasteiger partial charge in [-0.2, -0.15) is 0 Å². The number of rotatable bonds is 5.